The number of carbonyl (C=O) groups is 4. The van der Waals surface area contributed by atoms with Crippen LogP contribution in [0.2, 0.25) is 0 Å². The molecular weight excluding hydrogens is 474 g/mol. The highest BCUT2D eigenvalue weighted by Crippen LogP contribution is 2.47. The van der Waals surface area contributed by atoms with Crippen LogP contribution in [0.4, 0.5) is 0 Å². The number of nitrogens with zero attached hydrogens (tertiary/aromatic N) is 1. The zero-order valence-corrected chi connectivity index (χ0v) is 22.0. The number of ketones is 2. The average Bonchev–Trinajstić information content (AvgIpc) is 3.46. The standard InChI is InChI=1S/C28H37N3O6/c1-17(2)12-21(25(34)28(4)10-11-28)29-26(35)20(14-19-8-6-5-7-9-19)15-24(33)23(16-32)30-27(36)22-13-18(3)37-31-22/h5-9,13,17,20-21,23,32H,10-12,14-16H2,1-4H3,(H,29,35)(H,30,36)/t20-,21+,23+/m1/s1. The van der Waals surface area contributed by atoms with Gasteiger partial charge < -0.3 is 20.3 Å². The lowest BCUT2D eigenvalue weighted by atomic mass is 9.88. The summed E-state index contributed by atoms with van der Waals surface area (Å²) in [6.07, 6.45) is 2.19. The Morgan fingerprint density at radius 1 is 1.08 bits per heavy atom. The van der Waals surface area contributed by atoms with Crippen LogP contribution >= 0.6 is 0 Å². The third-order valence-corrected chi connectivity index (χ3v) is 6.82. The van der Waals surface area contributed by atoms with Crippen LogP contribution in [0.5, 0.6) is 0 Å². The van der Waals surface area contributed by atoms with E-state index < -0.39 is 47.6 Å². The number of amides is 2. The van der Waals surface area contributed by atoms with Crippen molar-refractivity contribution in [2.24, 2.45) is 17.3 Å². The number of carbonyl (C=O) groups excluding carboxylic acids is 4. The van der Waals surface area contributed by atoms with E-state index in [1.807, 2.05) is 51.1 Å². The molecule has 3 rings (SSSR count). The summed E-state index contributed by atoms with van der Waals surface area (Å²) in [6, 6.07) is 8.87. The molecule has 1 saturated carbocycles. The second-order valence-corrected chi connectivity index (χ2v) is 10.7. The van der Waals surface area contributed by atoms with Crippen LogP contribution in [0.15, 0.2) is 40.9 Å². The molecule has 0 saturated heterocycles. The van der Waals surface area contributed by atoms with E-state index in [0.29, 0.717) is 12.2 Å². The Morgan fingerprint density at radius 3 is 2.30 bits per heavy atom. The fraction of sp³-hybridized carbons (Fsp3) is 0.536. The van der Waals surface area contributed by atoms with E-state index in [4.69, 9.17) is 4.52 Å². The van der Waals surface area contributed by atoms with Crippen molar-refractivity contribution in [3.05, 3.63) is 53.4 Å². The molecule has 2 amide bonds. The molecule has 1 fully saturated rings. The third kappa shape index (κ3) is 7.82. The molecule has 0 spiro atoms. The molecule has 9 nitrogen and oxygen atoms in total. The molecule has 3 atom stereocenters. The number of Topliss-reactive ketones (excluding diaryl/α,β-unsaturated/α-hetero) is 2. The number of aliphatic hydroxyl groups excluding tert-OH is 1. The Kier molecular flexibility index (Phi) is 9.37. The van der Waals surface area contributed by atoms with Crippen LogP contribution in [0.3, 0.4) is 0 Å². The second kappa shape index (κ2) is 12.3. The fourth-order valence-electron chi connectivity index (χ4n) is 4.32. The summed E-state index contributed by atoms with van der Waals surface area (Å²) < 4.78 is 4.90. The third-order valence-electron chi connectivity index (χ3n) is 6.82. The van der Waals surface area contributed by atoms with Crippen molar-refractivity contribution in [2.75, 3.05) is 6.61 Å². The van der Waals surface area contributed by atoms with Gasteiger partial charge in [0, 0.05) is 23.8 Å². The highest BCUT2D eigenvalue weighted by atomic mass is 16.5. The van der Waals surface area contributed by atoms with Gasteiger partial charge in [0.05, 0.1) is 12.6 Å². The first-order valence-corrected chi connectivity index (χ1v) is 12.8. The summed E-state index contributed by atoms with van der Waals surface area (Å²) in [4.78, 5) is 52.2. The molecule has 200 valence electrons. The SMILES string of the molecule is Cc1cc(C(=O)N[C@@H](CO)C(=O)C[C@@H](Cc2ccccc2)C(=O)N[C@@H](CC(C)C)C(=O)C2(C)CC2)no1. The molecule has 1 aromatic heterocycles. The van der Waals surface area contributed by atoms with Crippen molar-refractivity contribution < 1.29 is 28.8 Å². The fourth-order valence-corrected chi connectivity index (χ4v) is 4.32. The molecule has 37 heavy (non-hydrogen) atoms. The van der Waals surface area contributed by atoms with Crippen LogP contribution in [0.25, 0.3) is 0 Å². The van der Waals surface area contributed by atoms with E-state index in [-0.39, 0.29) is 30.2 Å². The first-order chi connectivity index (χ1) is 17.5. The summed E-state index contributed by atoms with van der Waals surface area (Å²) in [6.45, 7) is 6.92. The molecule has 0 unspecified atom stereocenters. The van der Waals surface area contributed by atoms with Gasteiger partial charge in [0.15, 0.2) is 17.3 Å². The maximum Gasteiger partial charge on any atom is 0.274 e. The van der Waals surface area contributed by atoms with E-state index >= 15 is 0 Å². The lowest BCUT2D eigenvalue weighted by Crippen LogP contribution is -2.49. The van der Waals surface area contributed by atoms with Gasteiger partial charge in [-0.15, -0.1) is 0 Å². The van der Waals surface area contributed by atoms with Gasteiger partial charge in [0.1, 0.15) is 11.8 Å². The minimum Gasteiger partial charge on any atom is -0.394 e. The quantitative estimate of drug-likeness (QED) is 0.354. The topological polar surface area (TPSA) is 139 Å². The van der Waals surface area contributed by atoms with Gasteiger partial charge in [0.25, 0.3) is 5.91 Å². The van der Waals surface area contributed by atoms with E-state index in [1.165, 1.54) is 6.07 Å². The smallest absolute Gasteiger partial charge is 0.274 e. The number of aliphatic hydroxyl groups is 1. The number of nitrogens with one attached hydrogen (secondary N) is 2. The lowest BCUT2D eigenvalue weighted by Gasteiger charge is -2.26. The molecule has 1 aliphatic rings. The van der Waals surface area contributed by atoms with Crippen molar-refractivity contribution in [1.29, 1.82) is 0 Å². The predicted molar refractivity (Wildman–Crippen MR) is 137 cm³/mol. The molecule has 1 aliphatic carbocycles. The number of aromatic nitrogens is 1. The van der Waals surface area contributed by atoms with Gasteiger partial charge in [-0.2, -0.15) is 0 Å². The second-order valence-electron chi connectivity index (χ2n) is 10.7. The maximum atomic E-state index is 13.5. The van der Waals surface area contributed by atoms with Gasteiger partial charge in [-0.1, -0.05) is 56.3 Å². The van der Waals surface area contributed by atoms with Crippen LogP contribution < -0.4 is 10.6 Å². The van der Waals surface area contributed by atoms with Crippen LogP contribution in [-0.4, -0.2) is 52.3 Å². The molecule has 0 radical (unpaired) electrons. The number of hydrogen-bond acceptors (Lipinski definition) is 7. The molecule has 3 N–H and O–H groups in total. The summed E-state index contributed by atoms with van der Waals surface area (Å²) in [5.41, 5.74) is 0.452. The Bertz CT molecular complexity index is 1110. The molecule has 2 aromatic rings. The zero-order valence-electron chi connectivity index (χ0n) is 22.0. The van der Waals surface area contributed by atoms with E-state index in [2.05, 4.69) is 15.8 Å². The largest absolute Gasteiger partial charge is 0.394 e. The minimum atomic E-state index is -1.21. The highest BCUT2D eigenvalue weighted by Gasteiger charge is 2.48. The van der Waals surface area contributed by atoms with Crippen molar-refractivity contribution in [3.8, 4) is 0 Å². The first-order valence-electron chi connectivity index (χ1n) is 12.8. The van der Waals surface area contributed by atoms with Gasteiger partial charge in [-0.3, -0.25) is 19.2 Å². The van der Waals surface area contributed by atoms with Crippen molar-refractivity contribution in [1.82, 2.24) is 15.8 Å². The summed E-state index contributed by atoms with van der Waals surface area (Å²) in [5.74, 6) is -1.67. The highest BCUT2D eigenvalue weighted by molar-refractivity contribution is 5.98. The average molecular weight is 512 g/mol. The maximum absolute atomic E-state index is 13.5. The van der Waals surface area contributed by atoms with E-state index in [1.54, 1.807) is 6.92 Å². The Morgan fingerprint density at radius 2 is 1.76 bits per heavy atom. The summed E-state index contributed by atoms with van der Waals surface area (Å²) >= 11 is 0. The Labute approximate surface area is 217 Å². The molecule has 9 heteroatoms. The number of hydrogen-bond donors (Lipinski definition) is 3. The predicted octanol–water partition coefficient (Wildman–Crippen LogP) is 2.79. The molecule has 0 bridgehead atoms. The summed E-state index contributed by atoms with van der Waals surface area (Å²) in [7, 11) is 0. The molecule has 1 aromatic carbocycles. The van der Waals surface area contributed by atoms with Gasteiger partial charge in [-0.05, 0) is 44.1 Å². The van der Waals surface area contributed by atoms with Crippen molar-refractivity contribution >= 4 is 23.4 Å². The van der Waals surface area contributed by atoms with Gasteiger partial charge >= 0.3 is 0 Å². The number of aryl methyl sites for hydroxylation is 1. The molecule has 1 heterocycles. The Balaban J connectivity index is 1.75. The minimum absolute atomic E-state index is 0.00839. The number of rotatable bonds is 14. The van der Waals surface area contributed by atoms with Gasteiger partial charge in [-0.25, -0.2) is 0 Å². The monoisotopic (exact) mass is 511 g/mol. The molecular formula is C28H37N3O6. The molecule has 0 aliphatic heterocycles. The lowest BCUT2D eigenvalue weighted by molar-refractivity contribution is -0.134. The van der Waals surface area contributed by atoms with Crippen LogP contribution in [0, 0.1) is 24.2 Å². The number of benzene rings is 1. The van der Waals surface area contributed by atoms with Crippen LogP contribution in [-0.2, 0) is 20.8 Å². The van der Waals surface area contributed by atoms with E-state index in [0.717, 1.165) is 18.4 Å². The van der Waals surface area contributed by atoms with Crippen molar-refractivity contribution in [2.45, 2.75) is 71.9 Å². The Hall–Kier alpha value is -3.33. The normalized spacial score (nSPS) is 16.5. The zero-order chi connectivity index (χ0) is 27.2. The van der Waals surface area contributed by atoms with E-state index in [9.17, 15) is 24.3 Å². The van der Waals surface area contributed by atoms with Gasteiger partial charge in [0.2, 0.25) is 5.91 Å². The van der Waals surface area contributed by atoms with Crippen LogP contribution in [0.1, 0.15) is 68.3 Å². The summed E-state index contributed by atoms with van der Waals surface area (Å²) in [5, 5.41) is 18.9. The first kappa shape index (κ1) is 28.2. The van der Waals surface area contributed by atoms with Crippen molar-refractivity contribution in [3.63, 3.8) is 0 Å².